The van der Waals surface area contributed by atoms with E-state index < -0.39 is 0 Å². The van der Waals surface area contributed by atoms with E-state index in [4.69, 9.17) is 4.42 Å². The smallest absolute Gasteiger partial charge is 0.284 e. The van der Waals surface area contributed by atoms with Gasteiger partial charge in [-0.25, -0.2) is 4.39 Å². The SMILES string of the molecule is Fc1ccccc1CCc1nnc(Br)o1. The molecule has 1 aromatic carbocycles. The van der Waals surface area contributed by atoms with Gasteiger partial charge in [-0.1, -0.05) is 18.2 Å². The van der Waals surface area contributed by atoms with Gasteiger partial charge in [-0.3, -0.25) is 0 Å². The molecule has 0 spiro atoms. The van der Waals surface area contributed by atoms with Crippen molar-refractivity contribution < 1.29 is 8.81 Å². The Morgan fingerprint density at radius 2 is 2.00 bits per heavy atom. The van der Waals surface area contributed by atoms with Crippen LogP contribution >= 0.6 is 15.9 Å². The number of nitrogens with zero attached hydrogens (tertiary/aromatic N) is 2. The fraction of sp³-hybridized carbons (Fsp3) is 0.200. The zero-order valence-corrected chi connectivity index (χ0v) is 9.37. The highest BCUT2D eigenvalue weighted by Crippen LogP contribution is 2.12. The van der Waals surface area contributed by atoms with E-state index in [1.54, 1.807) is 12.1 Å². The zero-order chi connectivity index (χ0) is 10.7. The van der Waals surface area contributed by atoms with Crippen molar-refractivity contribution in [2.75, 3.05) is 0 Å². The van der Waals surface area contributed by atoms with Crippen LogP contribution in [0.4, 0.5) is 4.39 Å². The van der Waals surface area contributed by atoms with E-state index in [2.05, 4.69) is 26.1 Å². The highest BCUT2D eigenvalue weighted by molar-refractivity contribution is 9.10. The third kappa shape index (κ3) is 2.62. The van der Waals surface area contributed by atoms with Gasteiger partial charge in [0.1, 0.15) is 5.82 Å². The van der Waals surface area contributed by atoms with E-state index >= 15 is 0 Å². The first-order valence-corrected chi connectivity index (χ1v) is 5.26. The quantitative estimate of drug-likeness (QED) is 0.861. The van der Waals surface area contributed by atoms with Gasteiger partial charge < -0.3 is 4.42 Å². The van der Waals surface area contributed by atoms with Gasteiger partial charge in [-0.2, -0.15) is 0 Å². The fourth-order valence-electron chi connectivity index (χ4n) is 1.28. The Balaban J connectivity index is 2.02. The Morgan fingerprint density at radius 3 is 2.67 bits per heavy atom. The van der Waals surface area contributed by atoms with E-state index in [-0.39, 0.29) is 5.82 Å². The van der Waals surface area contributed by atoms with Crippen molar-refractivity contribution in [3.05, 3.63) is 46.3 Å². The van der Waals surface area contributed by atoms with Gasteiger partial charge in [0.15, 0.2) is 0 Å². The molecule has 0 aliphatic rings. The maximum atomic E-state index is 13.2. The van der Waals surface area contributed by atoms with E-state index in [1.807, 2.05) is 6.07 Å². The Hall–Kier alpha value is -1.23. The summed E-state index contributed by atoms with van der Waals surface area (Å²) in [6.45, 7) is 0. The van der Waals surface area contributed by atoms with E-state index in [0.29, 0.717) is 29.1 Å². The monoisotopic (exact) mass is 270 g/mol. The molecule has 0 saturated carbocycles. The maximum absolute atomic E-state index is 13.2. The highest BCUT2D eigenvalue weighted by atomic mass is 79.9. The van der Waals surface area contributed by atoms with Gasteiger partial charge in [0.05, 0.1) is 0 Å². The molecule has 0 unspecified atom stereocenters. The van der Waals surface area contributed by atoms with Gasteiger partial charge in [-0.05, 0) is 18.1 Å². The molecule has 0 atom stereocenters. The molecule has 0 fully saturated rings. The van der Waals surface area contributed by atoms with Crippen LogP contribution in [0, 0.1) is 5.82 Å². The second-order valence-corrected chi connectivity index (χ2v) is 3.72. The number of hydrogen-bond acceptors (Lipinski definition) is 3. The number of benzene rings is 1. The van der Waals surface area contributed by atoms with Crippen LogP contribution in [-0.2, 0) is 12.8 Å². The number of aryl methyl sites for hydroxylation is 2. The molecule has 0 radical (unpaired) electrons. The van der Waals surface area contributed by atoms with Crippen molar-refractivity contribution in [3.63, 3.8) is 0 Å². The minimum Gasteiger partial charge on any atom is -0.416 e. The van der Waals surface area contributed by atoms with Gasteiger partial charge in [-0.15, -0.1) is 10.2 Å². The van der Waals surface area contributed by atoms with Gasteiger partial charge in [0.25, 0.3) is 4.80 Å². The fourth-order valence-corrected chi connectivity index (χ4v) is 1.54. The molecule has 1 heterocycles. The van der Waals surface area contributed by atoms with Crippen LogP contribution in [-0.4, -0.2) is 10.2 Å². The first-order valence-electron chi connectivity index (χ1n) is 4.47. The summed E-state index contributed by atoms with van der Waals surface area (Å²) in [5.74, 6) is 0.307. The summed E-state index contributed by atoms with van der Waals surface area (Å²) in [6.07, 6.45) is 1.10. The van der Waals surface area contributed by atoms with Crippen molar-refractivity contribution in [3.8, 4) is 0 Å². The Morgan fingerprint density at radius 1 is 1.20 bits per heavy atom. The molecule has 0 aliphatic carbocycles. The second kappa shape index (κ2) is 4.53. The van der Waals surface area contributed by atoms with Crippen molar-refractivity contribution in [1.29, 1.82) is 0 Å². The highest BCUT2D eigenvalue weighted by Gasteiger charge is 2.05. The van der Waals surface area contributed by atoms with E-state index in [0.717, 1.165) is 0 Å². The number of rotatable bonds is 3. The lowest BCUT2D eigenvalue weighted by atomic mass is 10.1. The Labute approximate surface area is 94.5 Å². The van der Waals surface area contributed by atoms with Crippen molar-refractivity contribution in [2.24, 2.45) is 0 Å². The molecule has 2 rings (SSSR count). The molecule has 2 aromatic rings. The Bertz CT molecular complexity index is 458. The van der Waals surface area contributed by atoms with E-state index in [9.17, 15) is 4.39 Å². The predicted molar refractivity (Wildman–Crippen MR) is 55.8 cm³/mol. The average molecular weight is 271 g/mol. The second-order valence-electron chi connectivity index (χ2n) is 3.04. The molecule has 5 heteroatoms. The molecule has 0 amide bonds. The summed E-state index contributed by atoms with van der Waals surface area (Å²) in [4.78, 5) is 0.353. The summed E-state index contributed by atoms with van der Waals surface area (Å²) in [6, 6.07) is 6.67. The third-order valence-electron chi connectivity index (χ3n) is 2.01. The van der Waals surface area contributed by atoms with Crippen LogP contribution in [0.25, 0.3) is 0 Å². The van der Waals surface area contributed by atoms with Crippen molar-refractivity contribution in [1.82, 2.24) is 10.2 Å². The molecular formula is C10H8BrFN2O. The molecule has 3 nitrogen and oxygen atoms in total. The molecular weight excluding hydrogens is 263 g/mol. The summed E-state index contributed by atoms with van der Waals surface area (Å²) in [5.41, 5.74) is 0.659. The predicted octanol–water partition coefficient (Wildman–Crippen LogP) is 2.76. The Kier molecular flexibility index (Phi) is 3.11. The lowest BCUT2D eigenvalue weighted by molar-refractivity contribution is 0.469. The van der Waals surface area contributed by atoms with Crippen molar-refractivity contribution in [2.45, 2.75) is 12.8 Å². The van der Waals surface area contributed by atoms with Gasteiger partial charge in [0.2, 0.25) is 5.89 Å². The molecule has 0 N–H and O–H groups in total. The van der Waals surface area contributed by atoms with Gasteiger partial charge in [0, 0.05) is 22.4 Å². The first-order chi connectivity index (χ1) is 7.25. The average Bonchev–Trinajstić information content (AvgIpc) is 2.63. The summed E-state index contributed by atoms with van der Waals surface area (Å²) >= 11 is 3.06. The summed E-state index contributed by atoms with van der Waals surface area (Å²) in [7, 11) is 0. The maximum Gasteiger partial charge on any atom is 0.284 e. The van der Waals surface area contributed by atoms with Gasteiger partial charge >= 0.3 is 0 Å². The van der Waals surface area contributed by atoms with Crippen LogP contribution in [0.2, 0.25) is 0 Å². The largest absolute Gasteiger partial charge is 0.416 e. The normalized spacial score (nSPS) is 10.5. The lowest BCUT2D eigenvalue weighted by Gasteiger charge is -1.99. The molecule has 15 heavy (non-hydrogen) atoms. The molecule has 0 saturated heterocycles. The van der Waals surface area contributed by atoms with Crippen LogP contribution in [0.15, 0.2) is 33.5 Å². The summed E-state index contributed by atoms with van der Waals surface area (Å²) in [5, 5.41) is 7.43. The number of halogens is 2. The minimum atomic E-state index is -0.198. The lowest BCUT2D eigenvalue weighted by Crippen LogP contribution is -1.94. The molecule has 0 bridgehead atoms. The van der Waals surface area contributed by atoms with E-state index in [1.165, 1.54) is 6.07 Å². The van der Waals surface area contributed by atoms with Crippen LogP contribution < -0.4 is 0 Å². The number of hydrogen-bond donors (Lipinski definition) is 0. The molecule has 78 valence electrons. The third-order valence-corrected chi connectivity index (χ3v) is 2.33. The first kappa shape index (κ1) is 10.3. The summed E-state index contributed by atoms with van der Waals surface area (Å²) < 4.78 is 18.3. The standard InChI is InChI=1S/C10H8BrFN2O/c11-10-14-13-9(15-10)6-5-7-3-1-2-4-8(7)12/h1-4H,5-6H2. The van der Waals surface area contributed by atoms with Crippen LogP contribution in [0.3, 0.4) is 0 Å². The molecule has 1 aromatic heterocycles. The minimum absolute atomic E-state index is 0.198. The van der Waals surface area contributed by atoms with Crippen LogP contribution in [0.5, 0.6) is 0 Å². The molecule has 0 aliphatic heterocycles. The van der Waals surface area contributed by atoms with Crippen molar-refractivity contribution >= 4 is 15.9 Å². The van der Waals surface area contributed by atoms with Crippen LogP contribution in [0.1, 0.15) is 11.5 Å². The number of aromatic nitrogens is 2. The zero-order valence-electron chi connectivity index (χ0n) is 7.78. The topological polar surface area (TPSA) is 38.9 Å².